The number of hydrogen-bond acceptors (Lipinski definition) is 6. The Labute approximate surface area is 169 Å². The summed E-state index contributed by atoms with van der Waals surface area (Å²) in [6.07, 6.45) is 0. The molecule has 0 saturated carbocycles. The van der Waals surface area contributed by atoms with Crippen LogP contribution in [0.4, 0.5) is 11.5 Å². The number of rotatable bonds is 6. The summed E-state index contributed by atoms with van der Waals surface area (Å²) < 4.78 is 16.7. The van der Waals surface area contributed by atoms with Gasteiger partial charge in [-0.05, 0) is 55.0 Å². The van der Waals surface area contributed by atoms with Crippen molar-refractivity contribution < 1.29 is 14.2 Å². The van der Waals surface area contributed by atoms with Gasteiger partial charge < -0.3 is 19.5 Å². The van der Waals surface area contributed by atoms with Crippen LogP contribution in [0.15, 0.2) is 66.7 Å². The predicted octanol–water partition coefficient (Wildman–Crippen LogP) is 5.49. The molecule has 0 bridgehead atoms. The molecular weight excluding hydrogens is 366 g/mol. The highest BCUT2D eigenvalue weighted by atomic mass is 16.5. The second-order valence-electron chi connectivity index (χ2n) is 6.43. The topological polar surface area (TPSA) is 65.5 Å². The molecule has 0 aliphatic heterocycles. The van der Waals surface area contributed by atoms with Crippen LogP contribution >= 0.6 is 0 Å². The summed E-state index contributed by atoms with van der Waals surface area (Å²) in [6, 6.07) is 21.5. The molecule has 0 amide bonds. The first-order valence-electron chi connectivity index (χ1n) is 9.17. The van der Waals surface area contributed by atoms with Gasteiger partial charge in [-0.15, -0.1) is 0 Å². The van der Waals surface area contributed by atoms with Gasteiger partial charge in [0.15, 0.2) is 0 Å². The lowest BCUT2D eigenvalue weighted by molar-refractivity contribution is 0.382. The first-order chi connectivity index (χ1) is 14.2. The van der Waals surface area contributed by atoms with E-state index in [1.165, 1.54) is 0 Å². The quantitative estimate of drug-likeness (QED) is 0.472. The number of para-hydroxylation sites is 1. The number of methoxy groups -OCH3 is 2. The van der Waals surface area contributed by atoms with Crippen LogP contribution in [0.3, 0.4) is 0 Å². The SMILES string of the molecule is COc1nc(Nc2ccc(Oc3ccccc3)cc2C)c2c(OC)cccc2n1. The highest BCUT2D eigenvalue weighted by molar-refractivity contribution is 5.96. The molecule has 6 nitrogen and oxygen atoms in total. The summed E-state index contributed by atoms with van der Waals surface area (Å²) in [5.41, 5.74) is 2.65. The fourth-order valence-corrected chi connectivity index (χ4v) is 3.07. The van der Waals surface area contributed by atoms with E-state index in [0.29, 0.717) is 11.6 Å². The van der Waals surface area contributed by atoms with Crippen LogP contribution in [-0.2, 0) is 0 Å². The van der Waals surface area contributed by atoms with Crippen LogP contribution in [0.2, 0.25) is 0 Å². The van der Waals surface area contributed by atoms with Crippen molar-refractivity contribution >= 4 is 22.4 Å². The number of aryl methyl sites for hydroxylation is 1. The van der Waals surface area contributed by atoms with E-state index in [1.807, 2.05) is 73.7 Å². The van der Waals surface area contributed by atoms with Crippen molar-refractivity contribution in [3.63, 3.8) is 0 Å². The van der Waals surface area contributed by atoms with E-state index < -0.39 is 0 Å². The number of nitrogens with zero attached hydrogens (tertiary/aromatic N) is 2. The summed E-state index contributed by atoms with van der Waals surface area (Å²) in [4.78, 5) is 8.91. The molecule has 0 radical (unpaired) electrons. The van der Waals surface area contributed by atoms with Crippen molar-refractivity contribution in [1.29, 1.82) is 0 Å². The van der Waals surface area contributed by atoms with Crippen molar-refractivity contribution in [2.75, 3.05) is 19.5 Å². The number of hydrogen-bond donors (Lipinski definition) is 1. The molecule has 1 heterocycles. The Morgan fingerprint density at radius 1 is 0.793 bits per heavy atom. The van der Waals surface area contributed by atoms with Gasteiger partial charge in [-0.1, -0.05) is 24.3 Å². The third-order valence-electron chi connectivity index (χ3n) is 4.50. The Kier molecular flexibility index (Phi) is 5.16. The summed E-state index contributed by atoms with van der Waals surface area (Å²) >= 11 is 0. The Hall–Kier alpha value is -3.80. The molecular formula is C23H21N3O3. The average Bonchev–Trinajstić information content (AvgIpc) is 2.75. The van der Waals surface area contributed by atoms with Crippen LogP contribution in [-0.4, -0.2) is 24.2 Å². The normalized spacial score (nSPS) is 10.6. The van der Waals surface area contributed by atoms with Crippen molar-refractivity contribution in [2.24, 2.45) is 0 Å². The summed E-state index contributed by atoms with van der Waals surface area (Å²) in [5, 5.41) is 4.18. The second kappa shape index (κ2) is 8.06. The Morgan fingerprint density at radius 3 is 2.34 bits per heavy atom. The van der Waals surface area contributed by atoms with Crippen LogP contribution in [0.1, 0.15) is 5.56 Å². The van der Waals surface area contributed by atoms with Crippen molar-refractivity contribution in [3.05, 3.63) is 72.3 Å². The minimum Gasteiger partial charge on any atom is -0.496 e. The van der Waals surface area contributed by atoms with E-state index >= 15 is 0 Å². The predicted molar refractivity (Wildman–Crippen MR) is 114 cm³/mol. The van der Waals surface area contributed by atoms with Gasteiger partial charge in [-0.2, -0.15) is 9.97 Å². The Bertz CT molecular complexity index is 1150. The molecule has 4 rings (SSSR count). The average molecular weight is 387 g/mol. The molecule has 146 valence electrons. The van der Waals surface area contributed by atoms with E-state index in [2.05, 4.69) is 15.3 Å². The van der Waals surface area contributed by atoms with Gasteiger partial charge >= 0.3 is 6.01 Å². The fraction of sp³-hybridized carbons (Fsp3) is 0.130. The van der Waals surface area contributed by atoms with E-state index in [1.54, 1.807) is 14.2 Å². The number of anilines is 2. The third-order valence-corrected chi connectivity index (χ3v) is 4.50. The van der Waals surface area contributed by atoms with Crippen LogP contribution in [0.25, 0.3) is 10.9 Å². The smallest absolute Gasteiger partial charge is 0.318 e. The molecule has 29 heavy (non-hydrogen) atoms. The molecule has 0 atom stereocenters. The Morgan fingerprint density at radius 2 is 1.62 bits per heavy atom. The molecule has 0 spiro atoms. The van der Waals surface area contributed by atoms with Gasteiger partial charge in [0.05, 0.1) is 25.1 Å². The molecule has 0 fully saturated rings. The largest absolute Gasteiger partial charge is 0.496 e. The van der Waals surface area contributed by atoms with Gasteiger partial charge in [0, 0.05) is 5.69 Å². The Balaban J connectivity index is 1.69. The lowest BCUT2D eigenvalue weighted by Gasteiger charge is -2.15. The number of ether oxygens (including phenoxy) is 3. The van der Waals surface area contributed by atoms with Crippen molar-refractivity contribution in [2.45, 2.75) is 6.92 Å². The molecule has 4 aromatic rings. The van der Waals surface area contributed by atoms with Gasteiger partial charge in [0.25, 0.3) is 0 Å². The maximum absolute atomic E-state index is 5.91. The van der Waals surface area contributed by atoms with Gasteiger partial charge in [0.2, 0.25) is 0 Å². The molecule has 3 aromatic carbocycles. The highest BCUT2D eigenvalue weighted by Gasteiger charge is 2.14. The zero-order valence-corrected chi connectivity index (χ0v) is 16.5. The zero-order chi connectivity index (χ0) is 20.2. The monoisotopic (exact) mass is 387 g/mol. The fourth-order valence-electron chi connectivity index (χ4n) is 3.07. The number of nitrogens with one attached hydrogen (secondary N) is 1. The molecule has 6 heteroatoms. The molecule has 0 unspecified atom stereocenters. The lowest BCUT2D eigenvalue weighted by atomic mass is 10.1. The van der Waals surface area contributed by atoms with Gasteiger partial charge in [-0.25, -0.2) is 0 Å². The minimum absolute atomic E-state index is 0.287. The third kappa shape index (κ3) is 3.91. The van der Waals surface area contributed by atoms with Crippen LogP contribution in [0, 0.1) is 6.92 Å². The van der Waals surface area contributed by atoms with E-state index in [0.717, 1.165) is 33.7 Å². The summed E-state index contributed by atoms with van der Waals surface area (Å²) in [6.45, 7) is 2.01. The zero-order valence-electron chi connectivity index (χ0n) is 16.5. The standard InChI is InChI=1S/C23H21N3O3/c1-15-14-17(29-16-8-5-4-6-9-16)12-13-18(15)24-22-21-19(25-23(26-22)28-3)10-7-11-20(21)27-2/h4-14H,1-3H3,(H,24,25,26). The lowest BCUT2D eigenvalue weighted by Crippen LogP contribution is -2.02. The van der Waals surface area contributed by atoms with Crippen molar-refractivity contribution in [1.82, 2.24) is 9.97 Å². The van der Waals surface area contributed by atoms with Crippen LogP contribution in [0.5, 0.6) is 23.3 Å². The maximum atomic E-state index is 5.91. The number of benzene rings is 3. The van der Waals surface area contributed by atoms with E-state index in [-0.39, 0.29) is 6.01 Å². The van der Waals surface area contributed by atoms with Crippen molar-refractivity contribution in [3.8, 4) is 23.3 Å². The minimum atomic E-state index is 0.287. The highest BCUT2D eigenvalue weighted by Crippen LogP contribution is 2.34. The van der Waals surface area contributed by atoms with Gasteiger partial charge in [-0.3, -0.25) is 0 Å². The number of aromatic nitrogens is 2. The van der Waals surface area contributed by atoms with E-state index in [4.69, 9.17) is 14.2 Å². The van der Waals surface area contributed by atoms with Crippen LogP contribution < -0.4 is 19.5 Å². The molecule has 0 saturated heterocycles. The van der Waals surface area contributed by atoms with E-state index in [9.17, 15) is 0 Å². The summed E-state index contributed by atoms with van der Waals surface area (Å²) in [5.74, 6) is 2.87. The van der Waals surface area contributed by atoms with Gasteiger partial charge in [0.1, 0.15) is 23.1 Å². The second-order valence-corrected chi connectivity index (χ2v) is 6.43. The summed E-state index contributed by atoms with van der Waals surface area (Å²) in [7, 11) is 3.18. The maximum Gasteiger partial charge on any atom is 0.318 e. The molecule has 1 aromatic heterocycles. The first-order valence-corrected chi connectivity index (χ1v) is 9.17. The molecule has 1 N–H and O–H groups in total. The molecule has 0 aliphatic rings. The first kappa shape index (κ1) is 18.6. The number of fused-ring (bicyclic) bond motifs is 1. The molecule has 0 aliphatic carbocycles.